The smallest absolute Gasteiger partial charge is 0.0496 e. The van der Waals surface area contributed by atoms with E-state index in [1.807, 2.05) is 0 Å². The Labute approximate surface area is 56.4 Å². The van der Waals surface area contributed by atoms with Crippen molar-refractivity contribution >= 4 is 0 Å². The van der Waals surface area contributed by atoms with Crippen LogP contribution >= 0.6 is 0 Å². The first-order valence-corrected chi connectivity index (χ1v) is 3.78. The van der Waals surface area contributed by atoms with E-state index < -0.39 is 0 Å². The van der Waals surface area contributed by atoms with Crippen molar-refractivity contribution in [3.8, 4) is 0 Å². The maximum absolute atomic E-state index is 5.09. The van der Waals surface area contributed by atoms with Crippen molar-refractivity contribution in [1.29, 1.82) is 0 Å². The summed E-state index contributed by atoms with van der Waals surface area (Å²) in [7, 11) is 1.80. The molecule has 0 aromatic carbocycles. The summed E-state index contributed by atoms with van der Waals surface area (Å²) >= 11 is 0. The molecular formula is C8H14O. The standard InChI is InChI=1S/C8H14O/c1-6-3-8(6)4-7(8)5-9-2/h6-7H,3-5H2,1-2H3. The van der Waals surface area contributed by atoms with Gasteiger partial charge in [-0.2, -0.15) is 0 Å². The molecule has 0 amide bonds. The number of hydrogen-bond donors (Lipinski definition) is 0. The summed E-state index contributed by atoms with van der Waals surface area (Å²) in [6.45, 7) is 3.36. The molecule has 2 saturated carbocycles. The minimum Gasteiger partial charge on any atom is -0.384 e. The Kier molecular flexibility index (Phi) is 0.963. The zero-order valence-corrected chi connectivity index (χ0v) is 6.18. The fourth-order valence-electron chi connectivity index (χ4n) is 2.19. The van der Waals surface area contributed by atoms with Gasteiger partial charge in [-0.25, -0.2) is 0 Å². The number of hydrogen-bond acceptors (Lipinski definition) is 1. The summed E-state index contributed by atoms with van der Waals surface area (Å²) in [4.78, 5) is 0. The third-order valence-electron chi connectivity index (χ3n) is 3.15. The lowest BCUT2D eigenvalue weighted by Crippen LogP contribution is -1.93. The molecular weight excluding hydrogens is 112 g/mol. The van der Waals surface area contributed by atoms with Gasteiger partial charge in [-0.3, -0.25) is 0 Å². The summed E-state index contributed by atoms with van der Waals surface area (Å²) in [5, 5.41) is 0. The second-order valence-electron chi connectivity index (χ2n) is 3.69. The second-order valence-corrected chi connectivity index (χ2v) is 3.69. The molecule has 0 aromatic rings. The average molecular weight is 126 g/mol. The lowest BCUT2D eigenvalue weighted by molar-refractivity contribution is 0.179. The van der Waals surface area contributed by atoms with Crippen molar-refractivity contribution in [2.45, 2.75) is 19.8 Å². The van der Waals surface area contributed by atoms with Crippen LogP contribution in [0.5, 0.6) is 0 Å². The van der Waals surface area contributed by atoms with Gasteiger partial charge in [-0.1, -0.05) is 6.92 Å². The first-order chi connectivity index (χ1) is 4.29. The third kappa shape index (κ3) is 0.644. The molecule has 0 radical (unpaired) electrons. The van der Waals surface area contributed by atoms with Gasteiger partial charge in [-0.15, -0.1) is 0 Å². The van der Waals surface area contributed by atoms with Crippen LogP contribution < -0.4 is 0 Å². The normalized spacial score (nSPS) is 54.0. The van der Waals surface area contributed by atoms with Crippen molar-refractivity contribution in [1.82, 2.24) is 0 Å². The molecule has 0 N–H and O–H groups in total. The number of rotatable bonds is 2. The summed E-state index contributed by atoms with van der Waals surface area (Å²) in [5.74, 6) is 1.94. The highest BCUT2D eigenvalue weighted by Crippen LogP contribution is 2.74. The van der Waals surface area contributed by atoms with Crippen LogP contribution in [0.1, 0.15) is 19.8 Å². The lowest BCUT2D eigenvalue weighted by atomic mass is 10.2. The van der Waals surface area contributed by atoms with Gasteiger partial charge in [-0.05, 0) is 30.1 Å². The van der Waals surface area contributed by atoms with Crippen molar-refractivity contribution in [3.05, 3.63) is 0 Å². The number of methoxy groups -OCH3 is 1. The monoisotopic (exact) mass is 126 g/mol. The van der Waals surface area contributed by atoms with Crippen molar-refractivity contribution in [2.24, 2.45) is 17.3 Å². The summed E-state index contributed by atoms with van der Waals surface area (Å²) in [6, 6.07) is 0. The zero-order chi connectivity index (χ0) is 6.48. The quantitative estimate of drug-likeness (QED) is 0.547. The first-order valence-electron chi connectivity index (χ1n) is 3.78. The molecule has 3 atom stereocenters. The van der Waals surface area contributed by atoms with Gasteiger partial charge in [0.2, 0.25) is 0 Å². The Balaban J connectivity index is 1.83. The molecule has 0 aromatic heterocycles. The predicted octanol–water partition coefficient (Wildman–Crippen LogP) is 1.68. The van der Waals surface area contributed by atoms with Gasteiger partial charge in [0, 0.05) is 13.7 Å². The highest BCUT2D eigenvalue weighted by molar-refractivity contribution is 5.16. The molecule has 1 heteroatoms. The fourth-order valence-corrected chi connectivity index (χ4v) is 2.19. The minimum atomic E-state index is 0.802. The second kappa shape index (κ2) is 1.51. The van der Waals surface area contributed by atoms with Crippen LogP contribution in [0.25, 0.3) is 0 Å². The highest BCUT2D eigenvalue weighted by Gasteiger charge is 2.67. The summed E-state index contributed by atoms with van der Waals surface area (Å²) < 4.78 is 5.09. The van der Waals surface area contributed by atoms with Gasteiger partial charge in [0.05, 0.1) is 0 Å². The van der Waals surface area contributed by atoms with Crippen LogP contribution in [-0.2, 0) is 4.74 Å². The van der Waals surface area contributed by atoms with Crippen molar-refractivity contribution in [2.75, 3.05) is 13.7 Å². The van der Waals surface area contributed by atoms with Gasteiger partial charge in [0.25, 0.3) is 0 Å². The van der Waals surface area contributed by atoms with E-state index in [0.717, 1.165) is 23.9 Å². The van der Waals surface area contributed by atoms with Gasteiger partial charge >= 0.3 is 0 Å². The van der Waals surface area contributed by atoms with E-state index in [9.17, 15) is 0 Å². The van der Waals surface area contributed by atoms with Crippen LogP contribution in [0, 0.1) is 17.3 Å². The van der Waals surface area contributed by atoms with Crippen LogP contribution in [0.15, 0.2) is 0 Å². The Morgan fingerprint density at radius 1 is 1.56 bits per heavy atom. The topological polar surface area (TPSA) is 9.23 Å². The molecule has 1 nitrogen and oxygen atoms in total. The molecule has 52 valence electrons. The molecule has 3 unspecified atom stereocenters. The van der Waals surface area contributed by atoms with Crippen LogP contribution in [-0.4, -0.2) is 13.7 Å². The van der Waals surface area contributed by atoms with Crippen molar-refractivity contribution < 1.29 is 4.74 Å². The molecule has 0 saturated heterocycles. The molecule has 2 rings (SSSR count). The molecule has 2 fully saturated rings. The fraction of sp³-hybridized carbons (Fsp3) is 1.00. The molecule has 0 aliphatic heterocycles. The molecule has 9 heavy (non-hydrogen) atoms. The maximum Gasteiger partial charge on any atom is 0.0496 e. The molecule has 1 spiro atoms. The van der Waals surface area contributed by atoms with E-state index >= 15 is 0 Å². The molecule has 2 aliphatic rings. The molecule has 0 heterocycles. The van der Waals surface area contributed by atoms with E-state index in [0.29, 0.717) is 0 Å². The first kappa shape index (κ1) is 5.72. The Hall–Kier alpha value is -0.0400. The van der Waals surface area contributed by atoms with E-state index in [1.54, 1.807) is 7.11 Å². The van der Waals surface area contributed by atoms with Crippen LogP contribution in [0.4, 0.5) is 0 Å². The molecule has 0 bridgehead atoms. The maximum atomic E-state index is 5.09. The number of ether oxygens (including phenoxy) is 1. The largest absolute Gasteiger partial charge is 0.384 e. The van der Waals surface area contributed by atoms with Crippen LogP contribution in [0.2, 0.25) is 0 Å². The third-order valence-corrected chi connectivity index (χ3v) is 3.15. The SMILES string of the molecule is COCC1CC12CC2C. The van der Waals surface area contributed by atoms with Crippen LogP contribution in [0.3, 0.4) is 0 Å². The van der Waals surface area contributed by atoms with Gasteiger partial charge < -0.3 is 4.74 Å². The van der Waals surface area contributed by atoms with E-state index in [2.05, 4.69) is 6.92 Å². The summed E-state index contributed by atoms with van der Waals surface area (Å²) in [6.07, 6.45) is 2.92. The Morgan fingerprint density at radius 2 is 2.22 bits per heavy atom. The van der Waals surface area contributed by atoms with E-state index in [-0.39, 0.29) is 0 Å². The van der Waals surface area contributed by atoms with E-state index in [1.165, 1.54) is 12.8 Å². The van der Waals surface area contributed by atoms with Gasteiger partial charge in [0.1, 0.15) is 0 Å². The Morgan fingerprint density at radius 3 is 2.56 bits per heavy atom. The lowest BCUT2D eigenvalue weighted by Gasteiger charge is -1.92. The molecule has 2 aliphatic carbocycles. The highest BCUT2D eigenvalue weighted by atomic mass is 16.5. The van der Waals surface area contributed by atoms with Crippen molar-refractivity contribution in [3.63, 3.8) is 0 Å². The average Bonchev–Trinajstić information content (AvgIpc) is 2.58. The minimum absolute atomic E-state index is 0.802. The van der Waals surface area contributed by atoms with Gasteiger partial charge in [0.15, 0.2) is 0 Å². The zero-order valence-electron chi connectivity index (χ0n) is 6.18. The Bertz CT molecular complexity index is 131. The van der Waals surface area contributed by atoms with E-state index in [4.69, 9.17) is 4.74 Å². The predicted molar refractivity (Wildman–Crippen MR) is 36.2 cm³/mol. The summed E-state index contributed by atoms with van der Waals surface area (Å²) in [5.41, 5.74) is 0.802.